The molecule has 0 aliphatic heterocycles. The number of fused-ring (bicyclic) bond motifs is 3. The Labute approximate surface area is 263 Å². The van der Waals surface area contributed by atoms with Gasteiger partial charge in [0.1, 0.15) is 5.82 Å². The standard InChI is InChI=1S/C42H31N3/c1-42(39-21-9-10-28-43-39,34-16-11-15-33(29-34)32-26-24-31(25-27-32)30-13-3-2-4-14-30)40-22-12-23-41(44-40)45-37-19-7-5-17-35(37)36-18-6-8-20-38(36)45/h2-29H,1H3. The monoisotopic (exact) mass is 577 g/mol. The highest BCUT2D eigenvalue weighted by atomic mass is 15.1. The summed E-state index contributed by atoms with van der Waals surface area (Å²) in [4.78, 5) is 10.3. The molecule has 8 rings (SSSR count). The Morgan fingerprint density at radius 2 is 1.02 bits per heavy atom. The number of hydrogen-bond donors (Lipinski definition) is 0. The summed E-state index contributed by atoms with van der Waals surface area (Å²) < 4.78 is 2.28. The third-order valence-corrected chi connectivity index (χ3v) is 9.00. The van der Waals surface area contributed by atoms with Crippen LogP contribution in [0.4, 0.5) is 0 Å². The molecule has 5 aromatic carbocycles. The molecule has 0 radical (unpaired) electrons. The van der Waals surface area contributed by atoms with E-state index in [1.165, 1.54) is 27.5 Å². The molecule has 0 amide bonds. The van der Waals surface area contributed by atoms with E-state index in [2.05, 4.69) is 169 Å². The molecule has 1 atom stereocenters. The Bertz CT molecular complexity index is 2220. The second kappa shape index (κ2) is 11.0. The van der Waals surface area contributed by atoms with Crippen molar-refractivity contribution in [3.05, 3.63) is 187 Å². The van der Waals surface area contributed by atoms with Crippen LogP contribution in [0.2, 0.25) is 0 Å². The van der Waals surface area contributed by atoms with Crippen LogP contribution in [0.3, 0.4) is 0 Å². The van der Waals surface area contributed by atoms with Crippen molar-refractivity contribution in [3.63, 3.8) is 0 Å². The first-order chi connectivity index (χ1) is 22.2. The van der Waals surface area contributed by atoms with E-state index < -0.39 is 5.41 Å². The van der Waals surface area contributed by atoms with Gasteiger partial charge in [0.25, 0.3) is 0 Å². The molecule has 0 spiro atoms. The summed E-state index contributed by atoms with van der Waals surface area (Å²) in [6.07, 6.45) is 1.87. The van der Waals surface area contributed by atoms with E-state index in [4.69, 9.17) is 9.97 Å². The van der Waals surface area contributed by atoms with Crippen LogP contribution in [0, 0.1) is 0 Å². The van der Waals surface area contributed by atoms with Gasteiger partial charge in [-0.3, -0.25) is 9.55 Å². The van der Waals surface area contributed by atoms with Crippen LogP contribution in [0.25, 0.3) is 49.9 Å². The fourth-order valence-corrected chi connectivity index (χ4v) is 6.58. The summed E-state index contributed by atoms with van der Waals surface area (Å²) in [6, 6.07) is 57.8. The van der Waals surface area contributed by atoms with Gasteiger partial charge < -0.3 is 0 Å². The summed E-state index contributed by atoms with van der Waals surface area (Å²) in [5, 5.41) is 2.44. The average molecular weight is 578 g/mol. The Balaban J connectivity index is 1.27. The van der Waals surface area contributed by atoms with E-state index in [9.17, 15) is 0 Å². The van der Waals surface area contributed by atoms with Crippen molar-refractivity contribution in [2.75, 3.05) is 0 Å². The minimum absolute atomic E-state index is 0.601. The third kappa shape index (κ3) is 4.61. The highest BCUT2D eigenvalue weighted by Crippen LogP contribution is 2.40. The molecule has 0 aliphatic rings. The normalized spacial score (nSPS) is 12.7. The van der Waals surface area contributed by atoms with Crippen molar-refractivity contribution in [1.29, 1.82) is 0 Å². The molecule has 0 fully saturated rings. The van der Waals surface area contributed by atoms with Crippen molar-refractivity contribution in [1.82, 2.24) is 14.5 Å². The lowest BCUT2D eigenvalue weighted by atomic mass is 9.75. The van der Waals surface area contributed by atoms with Gasteiger partial charge in [-0.15, -0.1) is 0 Å². The molecule has 0 saturated heterocycles. The first-order valence-electron chi connectivity index (χ1n) is 15.3. The molecule has 0 aliphatic carbocycles. The molecule has 1 unspecified atom stereocenters. The predicted octanol–water partition coefficient (Wildman–Crippen LogP) is 10.3. The van der Waals surface area contributed by atoms with Crippen LogP contribution in [0.1, 0.15) is 23.9 Å². The summed E-state index contributed by atoms with van der Waals surface area (Å²) in [6.45, 7) is 2.24. The molecular weight excluding hydrogens is 546 g/mol. The molecule has 3 aromatic heterocycles. The maximum atomic E-state index is 5.41. The van der Waals surface area contributed by atoms with Gasteiger partial charge in [0, 0.05) is 17.0 Å². The Morgan fingerprint density at radius 3 is 1.71 bits per heavy atom. The second-order valence-electron chi connectivity index (χ2n) is 11.6. The first kappa shape index (κ1) is 26.8. The van der Waals surface area contributed by atoms with Gasteiger partial charge in [-0.1, -0.05) is 121 Å². The van der Waals surface area contributed by atoms with Gasteiger partial charge in [0.15, 0.2) is 0 Å². The molecule has 3 heteroatoms. The van der Waals surface area contributed by atoms with Crippen LogP contribution >= 0.6 is 0 Å². The largest absolute Gasteiger partial charge is 0.294 e. The van der Waals surface area contributed by atoms with E-state index in [0.717, 1.165) is 39.4 Å². The summed E-state index contributed by atoms with van der Waals surface area (Å²) in [5.41, 5.74) is 9.47. The number of nitrogens with zero attached hydrogens (tertiary/aromatic N) is 3. The van der Waals surface area contributed by atoms with Crippen LogP contribution in [0.5, 0.6) is 0 Å². The minimum Gasteiger partial charge on any atom is -0.294 e. The van der Waals surface area contributed by atoms with E-state index in [0.29, 0.717) is 0 Å². The Hall–Kier alpha value is -5.80. The molecule has 45 heavy (non-hydrogen) atoms. The third-order valence-electron chi connectivity index (χ3n) is 9.00. The number of aromatic nitrogens is 3. The zero-order valence-corrected chi connectivity index (χ0v) is 25.0. The van der Waals surface area contributed by atoms with E-state index in [1.54, 1.807) is 0 Å². The summed E-state index contributed by atoms with van der Waals surface area (Å²) >= 11 is 0. The first-order valence-corrected chi connectivity index (χ1v) is 15.3. The fraction of sp³-hybridized carbons (Fsp3) is 0.0476. The summed E-state index contributed by atoms with van der Waals surface area (Å²) in [5.74, 6) is 0.889. The highest BCUT2D eigenvalue weighted by Gasteiger charge is 2.35. The van der Waals surface area contributed by atoms with E-state index in [1.807, 2.05) is 12.3 Å². The van der Waals surface area contributed by atoms with Crippen LogP contribution in [-0.2, 0) is 5.41 Å². The van der Waals surface area contributed by atoms with E-state index >= 15 is 0 Å². The lowest BCUT2D eigenvalue weighted by molar-refractivity contribution is 0.639. The van der Waals surface area contributed by atoms with E-state index in [-0.39, 0.29) is 0 Å². The Kier molecular flexibility index (Phi) is 6.57. The number of para-hydroxylation sites is 2. The van der Waals surface area contributed by atoms with Crippen molar-refractivity contribution in [2.45, 2.75) is 12.3 Å². The molecule has 0 saturated carbocycles. The van der Waals surface area contributed by atoms with Crippen LogP contribution < -0.4 is 0 Å². The zero-order chi connectivity index (χ0) is 30.2. The van der Waals surface area contributed by atoms with Gasteiger partial charge in [0.05, 0.1) is 27.8 Å². The summed E-state index contributed by atoms with van der Waals surface area (Å²) in [7, 11) is 0. The van der Waals surface area contributed by atoms with Crippen molar-refractivity contribution in [3.8, 4) is 28.1 Å². The SMILES string of the molecule is CC(c1cccc(-c2ccc(-c3ccccc3)cc2)c1)(c1ccccn1)c1cccc(-n2c3ccccc3c3ccccc32)n1. The Morgan fingerprint density at radius 1 is 0.467 bits per heavy atom. The molecule has 0 N–H and O–H groups in total. The van der Waals surface area contributed by atoms with Gasteiger partial charge in [-0.2, -0.15) is 0 Å². The van der Waals surface area contributed by atoms with Crippen molar-refractivity contribution >= 4 is 21.8 Å². The zero-order valence-electron chi connectivity index (χ0n) is 25.0. The van der Waals surface area contributed by atoms with Crippen molar-refractivity contribution in [2.24, 2.45) is 0 Å². The number of rotatable bonds is 6. The number of benzene rings is 5. The van der Waals surface area contributed by atoms with Gasteiger partial charge in [-0.25, -0.2) is 4.98 Å². The average Bonchev–Trinajstić information content (AvgIpc) is 3.47. The maximum Gasteiger partial charge on any atom is 0.137 e. The number of hydrogen-bond acceptors (Lipinski definition) is 2. The van der Waals surface area contributed by atoms with Crippen LogP contribution in [0.15, 0.2) is 170 Å². The van der Waals surface area contributed by atoms with Crippen LogP contribution in [-0.4, -0.2) is 14.5 Å². The smallest absolute Gasteiger partial charge is 0.137 e. The molecule has 214 valence electrons. The lowest BCUT2D eigenvalue weighted by Crippen LogP contribution is -2.28. The second-order valence-corrected chi connectivity index (χ2v) is 11.6. The lowest BCUT2D eigenvalue weighted by Gasteiger charge is -2.30. The van der Waals surface area contributed by atoms with Gasteiger partial charge in [-0.05, 0) is 77.2 Å². The fourth-order valence-electron chi connectivity index (χ4n) is 6.58. The number of pyridine rings is 2. The minimum atomic E-state index is -0.601. The highest BCUT2D eigenvalue weighted by molar-refractivity contribution is 6.09. The maximum absolute atomic E-state index is 5.41. The molecule has 3 heterocycles. The van der Waals surface area contributed by atoms with Gasteiger partial charge in [0.2, 0.25) is 0 Å². The van der Waals surface area contributed by atoms with Crippen molar-refractivity contribution < 1.29 is 0 Å². The molecule has 0 bridgehead atoms. The molecule has 8 aromatic rings. The molecule has 3 nitrogen and oxygen atoms in total. The predicted molar refractivity (Wildman–Crippen MR) is 186 cm³/mol. The molecular formula is C42H31N3. The quantitative estimate of drug-likeness (QED) is 0.197. The topological polar surface area (TPSA) is 30.7 Å². The van der Waals surface area contributed by atoms with Gasteiger partial charge >= 0.3 is 0 Å².